The molecule has 1 aromatic heterocycles. The summed E-state index contributed by atoms with van der Waals surface area (Å²) in [4.78, 5) is 29.6. The van der Waals surface area contributed by atoms with Crippen LogP contribution in [0.2, 0.25) is 0 Å². The number of hydrazine groups is 1. The molecule has 156 valence electrons. The van der Waals surface area contributed by atoms with Crippen molar-refractivity contribution < 1.29 is 18.0 Å². The number of nitrogens with one attached hydrogen (secondary N) is 1. The number of aromatic amines is 1. The van der Waals surface area contributed by atoms with Crippen LogP contribution in [0.1, 0.15) is 28.0 Å². The number of nitrogens with zero attached hydrogens (tertiary/aromatic N) is 2. The summed E-state index contributed by atoms with van der Waals surface area (Å²) >= 11 is 0. The Balaban J connectivity index is 1.62. The highest BCUT2D eigenvalue weighted by Gasteiger charge is 2.33. The van der Waals surface area contributed by atoms with Gasteiger partial charge in [-0.05, 0) is 37.1 Å². The maximum Gasteiger partial charge on any atom is 0.273 e. The fraction of sp³-hybridized carbons (Fsp3) is 0.273. The van der Waals surface area contributed by atoms with Gasteiger partial charge in [0, 0.05) is 35.9 Å². The smallest absolute Gasteiger partial charge is 0.273 e. The van der Waals surface area contributed by atoms with Gasteiger partial charge in [0.15, 0.2) is 9.84 Å². The van der Waals surface area contributed by atoms with E-state index >= 15 is 0 Å². The molecule has 0 spiro atoms. The lowest BCUT2D eigenvalue weighted by Gasteiger charge is -2.28. The van der Waals surface area contributed by atoms with Gasteiger partial charge in [-0.3, -0.25) is 14.6 Å². The van der Waals surface area contributed by atoms with Crippen LogP contribution in [-0.2, 0) is 21.1 Å². The number of amides is 2. The van der Waals surface area contributed by atoms with Gasteiger partial charge in [0.25, 0.3) is 5.91 Å². The van der Waals surface area contributed by atoms with Crippen molar-refractivity contribution in [1.29, 1.82) is 0 Å². The van der Waals surface area contributed by atoms with Crippen molar-refractivity contribution in [1.82, 2.24) is 15.0 Å². The summed E-state index contributed by atoms with van der Waals surface area (Å²) in [5.74, 6) is -0.664. The monoisotopic (exact) mass is 425 g/mol. The van der Waals surface area contributed by atoms with Crippen LogP contribution >= 0.6 is 0 Å². The van der Waals surface area contributed by atoms with E-state index in [1.807, 2.05) is 31.2 Å². The van der Waals surface area contributed by atoms with Gasteiger partial charge in [0.1, 0.15) is 0 Å². The fourth-order valence-corrected chi connectivity index (χ4v) is 4.87. The van der Waals surface area contributed by atoms with Gasteiger partial charge >= 0.3 is 0 Å². The second-order valence-corrected chi connectivity index (χ2v) is 9.50. The molecule has 2 amide bonds. The molecule has 1 saturated heterocycles. The SMILES string of the molecule is Cc1[nH]c2ccccc2c1CC(=O)N1CCCN1C(=O)c1ccccc1S(C)(=O)=O. The van der Waals surface area contributed by atoms with Crippen LogP contribution in [0.4, 0.5) is 0 Å². The molecule has 0 bridgehead atoms. The van der Waals surface area contributed by atoms with Crippen LogP contribution in [0, 0.1) is 6.92 Å². The molecule has 7 nitrogen and oxygen atoms in total. The molecular formula is C22H23N3O4S. The van der Waals surface area contributed by atoms with Gasteiger partial charge in [-0.25, -0.2) is 13.4 Å². The molecule has 0 radical (unpaired) electrons. The molecule has 3 aromatic rings. The summed E-state index contributed by atoms with van der Waals surface area (Å²) in [6.45, 7) is 2.72. The minimum absolute atomic E-state index is 0.0261. The normalized spacial score (nSPS) is 14.5. The van der Waals surface area contributed by atoms with Gasteiger partial charge in [-0.1, -0.05) is 30.3 Å². The lowest BCUT2D eigenvalue weighted by molar-refractivity contribution is -0.139. The number of aromatic nitrogens is 1. The maximum atomic E-state index is 13.2. The first-order valence-corrected chi connectivity index (χ1v) is 11.6. The number of sulfone groups is 1. The van der Waals surface area contributed by atoms with E-state index in [0.717, 1.165) is 28.4 Å². The standard InChI is InChI=1S/C22H23N3O4S/c1-15-18(16-8-3-5-10-19(16)23-15)14-21(26)24-12-7-13-25(24)22(27)17-9-4-6-11-20(17)30(2,28)29/h3-6,8-11,23H,7,12-14H2,1-2H3. The first-order chi connectivity index (χ1) is 14.3. The Bertz CT molecular complexity index is 1250. The number of hydrogen-bond donors (Lipinski definition) is 1. The summed E-state index contributed by atoms with van der Waals surface area (Å²) < 4.78 is 24.2. The van der Waals surface area contributed by atoms with Crippen molar-refractivity contribution in [3.63, 3.8) is 0 Å². The number of carbonyl (C=O) groups is 2. The summed E-state index contributed by atoms with van der Waals surface area (Å²) in [5, 5.41) is 3.81. The number of benzene rings is 2. The third-order valence-corrected chi connectivity index (χ3v) is 6.58. The Labute approximate surface area is 175 Å². The molecule has 8 heteroatoms. The summed E-state index contributed by atoms with van der Waals surface area (Å²) in [5.41, 5.74) is 2.88. The summed E-state index contributed by atoms with van der Waals surface area (Å²) in [7, 11) is -3.57. The highest BCUT2D eigenvalue weighted by Crippen LogP contribution is 2.25. The van der Waals surface area contributed by atoms with E-state index in [4.69, 9.17) is 0 Å². The molecule has 1 aliphatic heterocycles. The van der Waals surface area contributed by atoms with Gasteiger partial charge in [-0.15, -0.1) is 0 Å². The minimum atomic E-state index is -3.57. The highest BCUT2D eigenvalue weighted by atomic mass is 32.2. The zero-order valence-electron chi connectivity index (χ0n) is 16.9. The third-order valence-electron chi connectivity index (χ3n) is 5.43. The van der Waals surface area contributed by atoms with E-state index in [1.54, 1.807) is 12.1 Å². The minimum Gasteiger partial charge on any atom is -0.358 e. The first kappa shape index (κ1) is 20.2. The second kappa shape index (κ2) is 7.60. The van der Waals surface area contributed by atoms with E-state index < -0.39 is 15.7 Å². The van der Waals surface area contributed by atoms with Crippen molar-refractivity contribution in [2.75, 3.05) is 19.3 Å². The van der Waals surface area contributed by atoms with Crippen LogP contribution in [0.3, 0.4) is 0 Å². The number of rotatable bonds is 4. The fourth-order valence-electron chi connectivity index (χ4n) is 3.99. The number of carbonyl (C=O) groups excluding carboxylic acids is 2. The van der Waals surface area contributed by atoms with Gasteiger partial charge < -0.3 is 4.98 Å². The van der Waals surface area contributed by atoms with Crippen LogP contribution in [0.25, 0.3) is 10.9 Å². The molecule has 1 aliphatic rings. The highest BCUT2D eigenvalue weighted by molar-refractivity contribution is 7.90. The number of para-hydroxylation sites is 1. The molecule has 2 heterocycles. The topological polar surface area (TPSA) is 90.6 Å². The number of fused-ring (bicyclic) bond motifs is 1. The number of hydrogen-bond acceptors (Lipinski definition) is 4. The average molecular weight is 426 g/mol. The Morgan fingerprint density at radius 1 is 1.00 bits per heavy atom. The van der Waals surface area contributed by atoms with Crippen LogP contribution in [0.15, 0.2) is 53.4 Å². The quantitative estimate of drug-likeness (QED) is 0.696. The predicted octanol–water partition coefficient (Wildman–Crippen LogP) is 2.71. The van der Waals surface area contributed by atoms with Crippen molar-refractivity contribution in [2.45, 2.75) is 24.7 Å². The van der Waals surface area contributed by atoms with Gasteiger partial charge in [0.05, 0.1) is 16.9 Å². The lowest BCUT2D eigenvalue weighted by atomic mass is 10.1. The molecule has 4 rings (SSSR count). The second-order valence-electron chi connectivity index (χ2n) is 7.52. The Kier molecular flexibility index (Phi) is 5.11. The van der Waals surface area contributed by atoms with Crippen molar-refractivity contribution in [2.24, 2.45) is 0 Å². The lowest BCUT2D eigenvalue weighted by Crippen LogP contribution is -2.45. The van der Waals surface area contributed by atoms with E-state index in [1.165, 1.54) is 22.2 Å². The molecular weight excluding hydrogens is 402 g/mol. The number of aryl methyl sites for hydroxylation is 1. The number of H-pyrrole nitrogens is 1. The van der Waals surface area contributed by atoms with Gasteiger partial charge in [-0.2, -0.15) is 0 Å². The van der Waals surface area contributed by atoms with E-state index in [-0.39, 0.29) is 22.8 Å². The summed E-state index contributed by atoms with van der Waals surface area (Å²) in [6.07, 6.45) is 1.88. The largest absolute Gasteiger partial charge is 0.358 e. The Morgan fingerprint density at radius 2 is 1.67 bits per heavy atom. The predicted molar refractivity (Wildman–Crippen MR) is 114 cm³/mol. The van der Waals surface area contributed by atoms with E-state index in [2.05, 4.69) is 4.98 Å². The van der Waals surface area contributed by atoms with Crippen LogP contribution < -0.4 is 0 Å². The van der Waals surface area contributed by atoms with Crippen molar-refractivity contribution in [3.05, 3.63) is 65.4 Å². The van der Waals surface area contributed by atoms with Crippen LogP contribution in [-0.4, -0.2) is 54.6 Å². The molecule has 1 N–H and O–H groups in total. The van der Waals surface area contributed by atoms with Crippen molar-refractivity contribution >= 4 is 32.6 Å². The molecule has 2 aromatic carbocycles. The maximum absolute atomic E-state index is 13.2. The molecule has 0 saturated carbocycles. The van der Waals surface area contributed by atoms with Gasteiger partial charge in [0.2, 0.25) is 5.91 Å². The van der Waals surface area contributed by atoms with Crippen molar-refractivity contribution in [3.8, 4) is 0 Å². The molecule has 0 unspecified atom stereocenters. The average Bonchev–Trinajstić information content (AvgIpc) is 3.32. The Hall–Kier alpha value is -3.13. The van der Waals surface area contributed by atoms with E-state index in [9.17, 15) is 18.0 Å². The zero-order valence-corrected chi connectivity index (χ0v) is 17.7. The third kappa shape index (κ3) is 3.59. The first-order valence-electron chi connectivity index (χ1n) is 9.75. The molecule has 0 atom stereocenters. The molecule has 30 heavy (non-hydrogen) atoms. The summed E-state index contributed by atoms with van der Waals surface area (Å²) in [6, 6.07) is 13.9. The molecule has 0 aliphatic carbocycles. The van der Waals surface area contributed by atoms with E-state index in [0.29, 0.717) is 19.5 Å². The van der Waals surface area contributed by atoms with Crippen LogP contribution in [0.5, 0.6) is 0 Å². The Morgan fingerprint density at radius 3 is 2.43 bits per heavy atom. The molecule has 1 fully saturated rings. The zero-order chi connectivity index (χ0) is 21.5.